The van der Waals surface area contributed by atoms with Gasteiger partial charge in [-0.05, 0) is 78.8 Å². The summed E-state index contributed by atoms with van der Waals surface area (Å²) in [6.07, 6.45) is -0.846. The molecule has 7 nitrogen and oxygen atoms in total. The third-order valence-corrected chi connectivity index (χ3v) is 6.65. The zero-order valence-electron chi connectivity index (χ0n) is 22.9. The first-order chi connectivity index (χ1) is 20.0. The number of rotatable bonds is 10. The van der Waals surface area contributed by atoms with Crippen LogP contribution in [-0.2, 0) is 6.42 Å². The Morgan fingerprint density at radius 3 is 2.40 bits per heavy atom. The number of urea groups is 1. The van der Waals surface area contributed by atoms with Crippen LogP contribution in [0.5, 0.6) is 5.75 Å². The van der Waals surface area contributed by atoms with Crippen LogP contribution in [0.25, 0.3) is 17.1 Å². The molecule has 0 unspecified atom stereocenters. The van der Waals surface area contributed by atoms with Gasteiger partial charge in [0, 0.05) is 17.7 Å². The lowest BCUT2D eigenvalue weighted by molar-refractivity contribution is -0.274. The molecular formula is C30H29F4N5O2S. The molecule has 1 aromatic heterocycles. The third-order valence-electron chi connectivity index (χ3n) is 6.32. The van der Waals surface area contributed by atoms with Crippen molar-refractivity contribution in [1.29, 1.82) is 0 Å². The minimum absolute atomic E-state index is 0.0531. The van der Waals surface area contributed by atoms with Gasteiger partial charge in [0.2, 0.25) is 0 Å². The summed E-state index contributed by atoms with van der Waals surface area (Å²) in [5, 5.41) is 9.88. The van der Waals surface area contributed by atoms with Gasteiger partial charge in [0.05, 0.1) is 5.69 Å². The standard InChI is InChI=1S/C30H29F4N5O2S/c1-19(2)26-17-22(31)10-15-25(26)28(42)37-29(40)35-16-4-3-5-20-6-8-21(9-7-20)27-36-18-39(38-27)23-11-13-24(14-12-23)41-30(32,33)34/h6-15,17-19H,3-5,16H2,1-2H3,(H2,35,37,40,42). The summed E-state index contributed by atoms with van der Waals surface area (Å²) in [5.74, 6) is -0.126. The normalized spacial score (nSPS) is 11.4. The van der Waals surface area contributed by atoms with E-state index in [-0.39, 0.29) is 22.5 Å². The summed E-state index contributed by atoms with van der Waals surface area (Å²) in [6, 6.07) is 17.1. The number of aromatic nitrogens is 3. The highest BCUT2D eigenvalue weighted by Crippen LogP contribution is 2.24. The van der Waals surface area contributed by atoms with Crippen molar-refractivity contribution in [2.45, 2.75) is 45.4 Å². The monoisotopic (exact) mass is 599 g/mol. The van der Waals surface area contributed by atoms with E-state index in [0.29, 0.717) is 23.6 Å². The highest BCUT2D eigenvalue weighted by molar-refractivity contribution is 7.80. The molecule has 0 aliphatic heterocycles. The van der Waals surface area contributed by atoms with Crippen molar-refractivity contribution in [3.63, 3.8) is 0 Å². The smallest absolute Gasteiger partial charge is 0.406 e. The molecule has 0 aliphatic rings. The van der Waals surface area contributed by atoms with Gasteiger partial charge in [0.1, 0.15) is 22.9 Å². The zero-order valence-corrected chi connectivity index (χ0v) is 23.7. The van der Waals surface area contributed by atoms with Gasteiger partial charge < -0.3 is 10.1 Å². The van der Waals surface area contributed by atoms with Gasteiger partial charge in [-0.15, -0.1) is 18.3 Å². The number of ether oxygens (including phenoxy) is 1. The van der Waals surface area contributed by atoms with Crippen molar-refractivity contribution >= 4 is 23.2 Å². The summed E-state index contributed by atoms with van der Waals surface area (Å²) >= 11 is 5.36. The van der Waals surface area contributed by atoms with E-state index in [0.717, 1.165) is 36.0 Å². The molecule has 0 aliphatic carbocycles. The van der Waals surface area contributed by atoms with Gasteiger partial charge in [0.25, 0.3) is 0 Å². The number of thiocarbonyl (C=S) groups is 1. The van der Waals surface area contributed by atoms with E-state index >= 15 is 0 Å². The Kier molecular flexibility index (Phi) is 9.89. The Morgan fingerprint density at radius 2 is 1.74 bits per heavy atom. The third kappa shape index (κ3) is 8.59. The van der Waals surface area contributed by atoms with E-state index in [4.69, 9.17) is 12.2 Å². The van der Waals surface area contributed by atoms with Crippen molar-refractivity contribution < 1.29 is 27.1 Å². The van der Waals surface area contributed by atoms with E-state index in [1.54, 1.807) is 6.07 Å². The zero-order chi connectivity index (χ0) is 30.3. The predicted molar refractivity (Wildman–Crippen MR) is 155 cm³/mol. The van der Waals surface area contributed by atoms with E-state index in [2.05, 4.69) is 25.5 Å². The van der Waals surface area contributed by atoms with Crippen molar-refractivity contribution in [3.8, 4) is 22.8 Å². The summed E-state index contributed by atoms with van der Waals surface area (Å²) < 4.78 is 56.1. The highest BCUT2D eigenvalue weighted by atomic mass is 32.1. The fraction of sp³-hybridized carbons (Fsp3) is 0.267. The number of nitrogens with zero attached hydrogens (tertiary/aromatic N) is 3. The Morgan fingerprint density at radius 1 is 1.02 bits per heavy atom. The Hall–Kier alpha value is -4.32. The predicted octanol–water partition coefficient (Wildman–Crippen LogP) is 7.09. The van der Waals surface area contributed by atoms with Gasteiger partial charge in [0.15, 0.2) is 5.82 Å². The lowest BCUT2D eigenvalue weighted by Gasteiger charge is -2.15. The summed E-state index contributed by atoms with van der Waals surface area (Å²) in [6.45, 7) is 4.34. The van der Waals surface area contributed by atoms with Crippen molar-refractivity contribution in [3.05, 3.63) is 95.6 Å². The average molecular weight is 600 g/mol. The summed E-state index contributed by atoms with van der Waals surface area (Å²) in [5.41, 5.74) is 3.83. The van der Waals surface area contributed by atoms with Gasteiger partial charge in [-0.1, -0.05) is 50.3 Å². The number of carbonyl (C=O) groups is 1. The van der Waals surface area contributed by atoms with Crippen LogP contribution in [0, 0.1) is 5.82 Å². The molecule has 0 saturated carbocycles. The van der Waals surface area contributed by atoms with Crippen molar-refractivity contribution in [2.24, 2.45) is 0 Å². The first-order valence-electron chi connectivity index (χ1n) is 13.2. The van der Waals surface area contributed by atoms with Gasteiger partial charge in [-0.3, -0.25) is 5.32 Å². The topological polar surface area (TPSA) is 81.1 Å². The van der Waals surface area contributed by atoms with Crippen molar-refractivity contribution in [2.75, 3.05) is 6.54 Å². The maximum atomic E-state index is 13.6. The number of hydrogen-bond acceptors (Lipinski definition) is 5. The average Bonchev–Trinajstić information content (AvgIpc) is 3.43. The molecule has 220 valence electrons. The molecule has 4 rings (SSSR count). The summed E-state index contributed by atoms with van der Waals surface area (Å²) in [4.78, 5) is 16.8. The highest BCUT2D eigenvalue weighted by Gasteiger charge is 2.31. The second-order valence-electron chi connectivity index (χ2n) is 9.80. The number of alkyl halides is 3. The number of unbranched alkanes of at least 4 members (excludes halogenated alkanes) is 1. The fourth-order valence-electron chi connectivity index (χ4n) is 4.23. The second-order valence-corrected chi connectivity index (χ2v) is 10.2. The van der Waals surface area contributed by atoms with Crippen LogP contribution in [0.3, 0.4) is 0 Å². The molecule has 0 radical (unpaired) electrons. The first kappa shape index (κ1) is 30.6. The summed E-state index contributed by atoms with van der Waals surface area (Å²) in [7, 11) is 0. The molecule has 0 atom stereocenters. The number of amides is 2. The van der Waals surface area contributed by atoms with Crippen molar-refractivity contribution in [1.82, 2.24) is 25.4 Å². The number of halogens is 4. The maximum absolute atomic E-state index is 13.6. The number of benzene rings is 3. The Balaban J connectivity index is 1.21. The van der Waals surface area contributed by atoms with E-state index < -0.39 is 12.4 Å². The van der Waals surface area contributed by atoms with Gasteiger partial charge in [-0.2, -0.15) is 0 Å². The molecule has 0 saturated heterocycles. The van der Waals surface area contributed by atoms with E-state index in [1.165, 1.54) is 47.4 Å². The minimum atomic E-state index is -4.75. The molecule has 4 aromatic rings. The van der Waals surface area contributed by atoms with Crippen LogP contribution >= 0.6 is 12.2 Å². The molecule has 0 bridgehead atoms. The molecule has 12 heteroatoms. The van der Waals surface area contributed by atoms with Crippen LogP contribution < -0.4 is 15.4 Å². The maximum Gasteiger partial charge on any atom is 0.573 e. The van der Waals surface area contributed by atoms with Gasteiger partial charge >= 0.3 is 12.4 Å². The molecule has 2 amide bonds. The number of carbonyl (C=O) groups excluding carboxylic acids is 1. The molecule has 1 heterocycles. The second kappa shape index (κ2) is 13.6. The van der Waals surface area contributed by atoms with Crippen LogP contribution in [0.2, 0.25) is 0 Å². The Bertz CT molecular complexity index is 1520. The molecule has 42 heavy (non-hydrogen) atoms. The minimum Gasteiger partial charge on any atom is -0.406 e. The Labute approximate surface area is 245 Å². The first-order valence-corrected chi connectivity index (χ1v) is 13.6. The van der Waals surface area contributed by atoms with E-state index in [9.17, 15) is 22.4 Å². The van der Waals surface area contributed by atoms with Gasteiger partial charge in [-0.25, -0.2) is 18.9 Å². The molecular weight excluding hydrogens is 570 g/mol. The molecule has 3 aromatic carbocycles. The number of hydrogen-bond donors (Lipinski definition) is 2. The molecule has 2 N–H and O–H groups in total. The molecule has 0 spiro atoms. The fourth-order valence-corrected chi connectivity index (χ4v) is 4.51. The largest absolute Gasteiger partial charge is 0.573 e. The SMILES string of the molecule is CC(C)c1cc(F)ccc1C(=S)NC(=O)NCCCCc1ccc(-c2ncn(-c3ccc(OC(F)(F)F)cc3)n2)cc1. The number of aryl methyl sites for hydroxylation is 1. The van der Waals surface area contributed by atoms with Crippen LogP contribution in [0.4, 0.5) is 22.4 Å². The molecule has 0 fully saturated rings. The lowest BCUT2D eigenvalue weighted by atomic mass is 9.97. The van der Waals surface area contributed by atoms with Crippen LogP contribution in [0.15, 0.2) is 73.1 Å². The lowest BCUT2D eigenvalue weighted by Crippen LogP contribution is -2.39. The number of nitrogens with one attached hydrogen (secondary N) is 2. The quantitative estimate of drug-likeness (QED) is 0.116. The van der Waals surface area contributed by atoms with E-state index in [1.807, 2.05) is 38.1 Å². The van der Waals surface area contributed by atoms with Crippen LogP contribution in [-0.4, -0.2) is 38.7 Å². The van der Waals surface area contributed by atoms with Crippen LogP contribution in [0.1, 0.15) is 49.3 Å².